The van der Waals surface area contributed by atoms with Crippen LogP contribution in [0.1, 0.15) is 0 Å². The van der Waals surface area contributed by atoms with Crippen molar-refractivity contribution in [2.24, 2.45) is 0 Å². The average molecular weight is 1190 g/mol. The van der Waals surface area contributed by atoms with E-state index in [2.05, 4.69) is 0 Å². The van der Waals surface area contributed by atoms with Gasteiger partial charge in [-0.2, -0.15) is 84.2 Å². The predicted molar refractivity (Wildman–Crippen MR) is 184 cm³/mol. The molecule has 55 heteroatoms. The Balaban J connectivity index is -0.0000000246. The second-order valence-corrected chi connectivity index (χ2v) is 13.4. The van der Waals surface area contributed by atoms with Crippen molar-refractivity contribution in [1.82, 2.24) is 0 Å². The Labute approximate surface area is 458 Å². The van der Waals surface area contributed by atoms with Gasteiger partial charge in [0.05, 0.1) is 0 Å². The number of rotatable bonds is 0. The quantitative estimate of drug-likeness (QED) is 0.0791. The van der Waals surface area contributed by atoms with E-state index >= 15 is 0 Å². The standard InChI is InChI=1S/5Ca.10H2O4S.10H/c;;;;;10*1-5(2,3)4;;;;;;;;;;/h;;;;;10*(H2,1,2,3,4);;;;;;;;;;. The molecule has 0 heterocycles. The summed E-state index contributed by atoms with van der Waals surface area (Å²) in [6, 6.07) is 0. The molecule has 0 aliphatic heterocycles. The summed E-state index contributed by atoms with van der Waals surface area (Å²) in [6.45, 7) is 0. The maximum atomic E-state index is 8.74. The van der Waals surface area contributed by atoms with Gasteiger partial charge >= 0.3 is 293 Å². The molecule has 0 aromatic rings. The summed E-state index contributed by atoms with van der Waals surface area (Å²) >= 11 is 0. The summed E-state index contributed by atoms with van der Waals surface area (Å²) < 4.78 is 316. The Morgan fingerprint density at radius 1 is 0.127 bits per heavy atom. The second kappa shape index (κ2) is 47.0. The van der Waals surface area contributed by atoms with Gasteiger partial charge in [0.2, 0.25) is 0 Å². The van der Waals surface area contributed by atoms with E-state index in [9.17, 15) is 0 Å². The molecule has 0 aromatic heterocycles. The van der Waals surface area contributed by atoms with Crippen LogP contribution in [0, 0.1) is 0 Å². The van der Waals surface area contributed by atoms with Crippen LogP contribution in [0.15, 0.2) is 0 Å². The van der Waals surface area contributed by atoms with Crippen molar-refractivity contribution in [3.8, 4) is 0 Å². The molecule has 0 atom stereocenters. The third kappa shape index (κ3) is 7670. The van der Waals surface area contributed by atoms with Crippen molar-refractivity contribution in [2.75, 3.05) is 0 Å². The van der Waals surface area contributed by atoms with Crippen LogP contribution >= 0.6 is 0 Å². The molecule has 0 bridgehead atoms. The first-order valence-electron chi connectivity index (χ1n) is 6.98. The molecule has 0 aliphatic carbocycles. The molecule has 0 aliphatic rings. The van der Waals surface area contributed by atoms with Crippen LogP contribution in [-0.4, -0.2) is 364 Å². The van der Waals surface area contributed by atoms with Crippen molar-refractivity contribution < 1.29 is 175 Å². The predicted octanol–water partition coefficient (Wildman–Crippen LogP) is -11.1. The van der Waals surface area contributed by atoms with Crippen LogP contribution < -0.4 is 0 Å². The van der Waals surface area contributed by atoms with E-state index in [4.69, 9.17) is 175 Å². The van der Waals surface area contributed by atoms with Crippen LogP contribution in [0.3, 0.4) is 0 Å². The molecule has 0 unspecified atom stereocenters. The van der Waals surface area contributed by atoms with Gasteiger partial charge in [0, 0.05) is 0 Å². The third-order valence-corrected chi connectivity index (χ3v) is 0. The van der Waals surface area contributed by atoms with Crippen LogP contribution in [-0.2, 0) is 104 Å². The molecule has 340 valence electrons. The van der Waals surface area contributed by atoms with Crippen LogP contribution in [0.5, 0.6) is 0 Å². The van der Waals surface area contributed by atoms with Gasteiger partial charge in [0.15, 0.2) is 0 Å². The molecular formula is H30Ca5O40S10. The van der Waals surface area contributed by atoms with Crippen molar-refractivity contribution in [3.63, 3.8) is 0 Å². The Morgan fingerprint density at radius 2 is 0.127 bits per heavy atom. The minimum absolute atomic E-state index is 0. The van der Waals surface area contributed by atoms with Gasteiger partial charge in [-0.1, -0.05) is 0 Å². The zero-order chi connectivity index (χ0) is 45.0. The summed E-state index contributed by atoms with van der Waals surface area (Å²) in [4.78, 5) is 0. The minimum atomic E-state index is -4.67. The van der Waals surface area contributed by atoms with Crippen molar-refractivity contribution in [2.45, 2.75) is 0 Å². The zero-order valence-corrected chi connectivity index (χ0v) is 29.4. The second-order valence-electron chi connectivity index (χ2n) is 4.48. The van der Waals surface area contributed by atoms with E-state index in [0.717, 1.165) is 0 Å². The number of hydrogen-bond acceptors (Lipinski definition) is 20. The molecule has 0 spiro atoms. The molecule has 0 fully saturated rings. The SMILES string of the molecule is O=S(=O)(O)O.O=S(=O)(O)O.O=S(=O)(O)O.O=S(=O)(O)O.O=S(=O)(O)O.O=S(=O)(O)O.O=S(=O)(O)O.O=S(=O)(O)O.O=S(=O)(O)O.O=S(=O)(O)O.[CaH2].[CaH2].[CaH2].[CaH2].[CaH2]. The van der Waals surface area contributed by atoms with Gasteiger partial charge in [-0.25, -0.2) is 0 Å². The van der Waals surface area contributed by atoms with E-state index in [0.29, 0.717) is 0 Å². The van der Waals surface area contributed by atoms with E-state index in [1.807, 2.05) is 0 Å². The Kier molecular flexibility index (Phi) is 88.1. The van der Waals surface area contributed by atoms with Crippen molar-refractivity contribution in [1.29, 1.82) is 0 Å². The third-order valence-electron chi connectivity index (χ3n) is 0. The first kappa shape index (κ1) is 103. The van der Waals surface area contributed by atoms with Crippen LogP contribution in [0.4, 0.5) is 0 Å². The average Bonchev–Trinajstić information content (AvgIpc) is 2.34. The van der Waals surface area contributed by atoms with Crippen LogP contribution in [0.2, 0.25) is 0 Å². The fourth-order valence-electron chi connectivity index (χ4n) is 0. The summed E-state index contributed by atoms with van der Waals surface area (Å²) in [5.74, 6) is 0. The van der Waals surface area contributed by atoms with Crippen molar-refractivity contribution in [3.05, 3.63) is 0 Å². The Bertz CT molecular complexity index is 1390. The normalized spacial score (nSPS) is 10.5. The fraction of sp³-hybridized carbons (Fsp3) is 0. The summed E-state index contributed by atoms with van der Waals surface area (Å²) in [5, 5.41) is 0. The molecule has 0 amide bonds. The molecule has 55 heavy (non-hydrogen) atoms. The summed E-state index contributed by atoms with van der Waals surface area (Å²) in [5.41, 5.74) is 0. The van der Waals surface area contributed by atoms with Gasteiger partial charge in [0.25, 0.3) is 0 Å². The number of hydrogen-bond donors (Lipinski definition) is 20. The monoisotopic (exact) mass is 1190 g/mol. The van der Waals surface area contributed by atoms with E-state index < -0.39 is 104 Å². The van der Waals surface area contributed by atoms with E-state index in [1.54, 1.807) is 0 Å². The van der Waals surface area contributed by atoms with E-state index in [1.165, 1.54) is 0 Å². The van der Waals surface area contributed by atoms with Crippen molar-refractivity contribution >= 4 is 293 Å². The van der Waals surface area contributed by atoms with Gasteiger partial charge in [-0.05, 0) is 0 Å². The Morgan fingerprint density at radius 3 is 0.127 bits per heavy atom. The molecule has 0 aromatic carbocycles. The first-order chi connectivity index (χ1) is 20.0. The van der Waals surface area contributed by atoms with Crippen LogP contribution in [0.25, 0.3) is 0 Å². The summed E-state index contributed by atoms with van der Waals surface area (Å²) in [7, 11) is -46.7. The van der Waals surface area contributed by atoms with Gasteiger partial charge in [-0.3, -0.25) is 91.1 Å². The molecule has 0 rings (SSSR count). The molecule has 40 nitrogen and oxygen atoms in total. The first-order valence-corrected chi connectivity index (χ1v) is 21.0. The van der Waals surface area contributed by atoms with E-state index in [-0.39, 0.29) is 189 Å². The molecule has 0 radical (unpaired) electrons. The molecule has 20 N–H and O–H groups in total. The fourth-order valence-corrected chi connectivity index (χ4v) is 0. The topological polar surface area (TPSA) is 746 Å². The van der Waals surface area contributed by atoms with Gasteiger partial charge < -0.3 is 0 Å². The maximum absolute atomic E-state index is 8.74. The zero-order valence-electron chi connectivity index (χ0n) is 21.2. The molecular weight excluding hydrogens is 1160 g/mol. The van der Waals surface area contributed by atoms with Gasteiger partial charge in [0.1, 0.15) is 0 Å². The summed E-state index contributed by atoms with van der Waals surface area (Å²) in [6.07, 6.45) is 0. The molecule has 0 saturated carbocycles. The Hall–Kier alpha value is 5.00. The molecule has 0 saturated heterocycles. The van der Waals surface area contributed by atoms with Gasteiger partial charge in [-0.15, -0.1) is 0 Å².